The number of carbonyl (C=O) groups excluding carboxylic acids is 1. The summed E-state index contributed by atoms with van der Waals surface area (Å²) in [5.41, 5.74) is 0.450. The number of fused-ring (bicyclic) bond motifs is 1. The van der Waals surface area contributed by atoms with Gasteiger partial charge in [0.15, 0.2) is 5.76 Å². The van der Waals surface area contributed by atoms with Gasteiger partial charge in [0.05, 0.1) is 5.54 Å². The second-order valence-corrected chi connectivity index (χ2v) is 5.89. The first-order chi connectivity index (χ1) is 10.2. The predicted molar refractivity (Wildman–Crippen MR) is 84.7 cm³/mol. The molecule has 0 bridgehead atoms. The molecule has 0 atom stereocenters. The first-order valence-corrected chi connectivity index (χ1v) is 7.99. The number of Topliss-reactive ketones (excluding diaryl/α,β-unsaturated/α-hetero) is 1. The van der Waals surface area contributed by atoms with Crippen molar-refractivity contribution in [2.75, 3.05) is 13.1 Å². The Morgan fingerprint density at radius 2 is 1.86 bits per heavy atom. The van der Waals surface area contributed by atoms with Crippen molar-refractivity contribution in [2.45, 2.75) is 45.1 Å². The van der Waals surface area contributed by atoms with E-state index in [0.717, 1.165) is 49.7 Å². The smallest absolute Gasteiger partial charge is 0.218 e. The molecule has 0 spiro atoms. The maximum Gasteiger partial charge on any atom is 0.218 e. The summed E-state index contributed by atoms with van der Waals surface area (Å²) >= 11 is 0. The summed E-state index contributed by atoms with van der Waals surface area (Å²) in [6.45, 7) is 6.08. The molecule has 1 heterocycles. The Labute approximate surface area is 125 Å². The molecule has 1 saturated carbocycles. The van der Waals surface area contributed by atoms with Crippen LogP contribution in [0.3, 0.4) is 0 Å². The molecule has 0 N–H and O–H groups in total. The fraction of sp³-hybridized carbons (Fsp3) is 0.500. The van der Waals surface area contributed by atoms with Crippen LogP contribution in [0.5, 0.6) is 0 Å². The summed E-state index contributed by atoms with van der Waals surface area (Å²) in [5.74, 6) is 0.685. The number of hydrogen-bond acceptors (Lipinski definition) is 3. The first-order valence-electron chi connectivity index (χ1n) is 7.99. The van der Waals surface area contributed by atoms with E-state index in [-0.39, 0.29) is 11.3 Å². The molecule has 0 saturated heterocycles. The Morgan fingerprint density at radius 1 is 1.19 bits per heavy atom. The molecule has 1 aliphatic rings. The molecule has 0 radical (unpaired) electrons. The highest BCUT2D eigenvalue weighted by Gasteiger charge is 2.46. The largest absolute Gasteiger partial charge is 0.453 e. The molecule has 1 aliphatic carbocycles. The maximum atomic E-state index is 13.2. The summed E-state index contributed by atoms with van der Waals surface area (Å²) in [6, 6.07) is 9.73. The summed E-state index contributed by atoms with van der Waals surface area (Å²) in [6.07, 6.45) is 4.15. The lowest BCUT2D eigenvalue weighted by atomic mass is 9.88. The Morgan fingerprint density at radius 3 is 2.48 bits per heavy atom. The minimum atomic E-state index is -0.350. The Kier molecular flexibility index (Phi) is 3.85. The van der Waals surface area contributed by atoms with Gasteiger partial charge >= 0.3 is 0 Å². The minimum absolute atomic E-state index is 0.167. The van der Waals surface area contributed by atoms with Gasteiger partial charge in [0.2, 0.25) is 5.78 Å². The van der Waals surface area contributed by atoms with Gasteiger partial charge in [0, 0.05) is 5.39 Å². The summed E-state index contributed by atoms with van der Waals surface area (Å²) in [4.78, 5) is 15.5. The standard InChI is InChI=1S/C18H23NO2/c1-3-19(4-2)18(11-7-8-12-18)17(20)16-13-14-9-5-6-10-15(14)21-16/h5-6,9-10,13H,3-4,7-8,11-12H2,1-2H3. The van der Waals surface area contributed by atoms with Crippen LogP contribution in [-0.4, -0.2) is 29.3 Å². The van der Waals surface area contributed by atoms with E-state index in [9.17, 15) is 4.79 Å². The van der Waals surface area contributed by atoms with Gasteiger partial charge < -0.3 is 4.42 Å². The van der Waals surface area contributed by atoms with E-state index in [4.69, 9.17) is 4.42 Å². The molecule has 3 nitrogen and oxygen atoms in total. The number of benzene rings is 1. The summed E-state index contributed by atoms with van der Waals surface area (Å²) < 4.78 is 5.83. The molecule has 3 heteroatoms. The van der Waals surface area contributed by atoms with Gasteiger partial charge in [-0.1, -0.05) is 44.9 Å². The summed E-state index contributed by atoms with van der Waals surface area (Å²) in [7, 11) is 0. The number of para-hydroxylation sites is 1. The van der Waals surface area contributed by atoms with Gasteiger partial charge in [-0.2, -0.15) is 0 Å². The molecule has 1 aromatic carbocycles. The molecule has 2 aromatic rings. The van der Waals surface area contributed by atoms with E-state index < -0.39 is 0 Å². The van der Waals surface area contributed by atoms with Crippen LogP contribution in [0.1, 0.15) is 50.1 Å². The minimum Gasteiger partial charge on any atom is -0.453 e. The van der Waals surface area contributed by atoms with Crippen LogP contribution in [0.25, 0.3) is 11.0 Å². The van der Waals surface area contributed by atoms with E-state index in [0.29, 0.717) is 5.76 Å². The van der Waals surface area contributed by atoms with Crippen LogP contribution < -0.4 is 0 Å². The number of likely N-dealkylation sites (N-methyl/N-ethyl adjacent to an activating group) is 1. The third-order valence-corrected chi connectivity index (χ3v) is 4.87. The third kappa shape index (κ3) is 2.30. The topological polar surface area (TPSA) is 33.5 Å². The SMILES string of the molecule is CCN(CC)C1(C(=O)c2cc3ccccc3o2)CCCC1. The van der Waals surface area contributed by atoms with Crippen molar-refractivity contribution in [3.8, 4) is 0 Å². The van der Waals surface area contributed by atoms with Crippen LogP contribution in [0.15, 0.2) is 34.7 Å². The lowest BCUT2D eigenvalue weighted by Gasteiger charge is -2.38. The van der Waals surface area contributed by atoms with Gasteiger partial charge in [-0.05, 0) is 38.1 Å². The predicted octanol–water partition coefficient (Wildman–Crippen LogP) is 4.27. The third-order valence-electron chi connectivity index (χ3n) is 4.87. The number of rotatable bonds is 5. The van der Waals surface area contributed by atoms with E-state index >= 15 is 0 Å². The number of ketones is 1. The monoisotopic (exact) mass is 285 g/mol. The van der Waals surface area contributed by atoms with Crippen molar-refractivity contribution in [1.82, 2.24) is 4.90 Å². The maximum absolute atomic E-state index is 13.2. The zero-order valence-corrected chi connectivity index (χ0v) is 12.9. The molecule has 1 aromatic heterocycles. The van der Waals surface area contributed by atoms with Crippen LogP contribution >= 0.6 is 0 Å². The van der Waals surface area contributed by atoms with Gasteiger partial charge in [0.1, 0.15) is 5.58 Å². The first kappa shape index (κ1) is 14.3. The van der Waals surface area contributed by atoms with Gasteiger partial charge in [-0.25, -0.2) is 0 Å². The Hall–Kier alpha value is -1.61. The van der Waals surface area contributed by atoms with Gasteiger partial charge in [-0.3, -0.25) is 9.69 Å². The Balaban J connectivity index is 2.01. The average Bonchev–Trinajstić information content (AvgIpc) is 3.15. The fourth-order valence-electron chi connectivity index (χ4n) is 3.80. The summed E-state index contributed by atoms with van der Waals surface area (Å²) in [5, 5.41) is 1.01. The van der Waals surface area contributed by atoms with Crippen LogP contribution in [-0.2, 0) is 0 Å². The molecule has 0 aliphatic heterocycles. The molecule has 0 amide bonds. The van der Waals surface area contributed by atoms with E-state index in [1.165, 1.54) is 0 Å². The fourth-order valence-corrected chi connectivity index (χ4v) is 3.80. The molecule has 3 rings (SSSR count). The Bertz CT molecular complexity index is 600. The molecular formula is C18H23NO2. The van der Waals surface area contributed by atoms with E-state index in [1.807, 2.05) is 30.3 Å². The number of nitrogens with zero attached hydrogens (tertiary/aromatic N) is 1. The van der Waals surface area contributed by atoms with Crippen molar-refractivity contribution in [3.05, 3.63) is 36.1 Å². The van der Waals surface area contributed by atoms with Crippen molar-refractivity contribution in [1.29, 1.82) is 0 Å². The van der Waals surface area contributed by atoms with Gasteiger partial charge in [0.25, 0.3) is 0 Å². The normalized spacial score (nSPS) is 17.7. The molecule has 1 fully saturated rings. The quantitative estimate of drug-likeness (QED) is 0.769. The number of carbonyl (C=O) groups is 1. The lowest BCUT2D eigenvalue weighted by Crippen LogP contribution is -2.52. The zero-order valence-electron chi connectivity index (χ0n) is 12.9. The van der Waals surface area contributed by atoms with E-state index in [2.05, 4.69) is 18.7 Å². The van der Waals surface area contributed by atoms with Crippen LogP contribution in [0.2, 0.25) is 0 Å². The van der Waals surface area contributed by atoms with Crippen LogP contribution in [0.4, 0.5) is 0 Å². The highest BCUT2D eigenvalue weighted by Crippen LogP contribution is 2.38. The molecule has 21 heavy (non-hydrogen) atoms. The average molecular weight is 285 g/mol. The highest BCUT2D eigenvalue weighted by molar-refractivity contribution is 6.03. The highest BCUT2D eigenvalue weighted by atomic mass is 16.3. The van der Waals surface area contributed by atoms with E-state index in [1.54, 1.807) is 0 Å². The van der Waals surface area contributed by atoms with Crippen molar-refractivity contribution < 1.29 is 9.21 Å². The van der Waals surface area contributed by atoms with Crippen molar-refractivity contribution in [3.63, 3.8) is 0 Å². The molecular weight excluding hydrogens is 262 g/mol. The second kappa shape index (κ2) is 5.64. The molecule has 0 unspecified atom stereocenters. The van der Waals surface area contributed by atoms with Crippen LogP contribution in [0, 0.1) is 0 Å². The zero-order chi connectivity index (χ0) is 14.9. The van der Waals surface area contributed by atoms with Gasteiger partial charge in [-0.15, -0.1) is 0 Å². The lowest BCUT2D eigenvalue weighted by molar-refractivity contribution is 0.0557. The van der Waals surface area contributed by atoms with Crippen molar-refractivity contribution in [2.24, 2.45) is 0 Å². The molecule has 112 valence electrons. The second-order valence-electron chi connectivity index (χ2n) is 5.89. The van der Waals surface area contributed by atoms with Crippen molar-refractivity contribution >= 4 is 16.8 Å². The number of hydrogen-bond donors (Lipinski definition) is 0. The number of furan rings is 1.